The molecule has 2 nitrogen and oxygen atoms in total. The van der Waals surface area contributed by atoms with Crippen molar-refractivity contribution in [1.82, 2.24) is 0 Å². The lowest BCUT2D eigenvalue weighted by atomic mass is 10.0. The highest BCUT2D eigenvalue weighted by Gasteiger charge is 2.36. The van der Waals surface area contributed by atoms with Crippen LogP contribution in [-0.4, -0.2) is 5.25 Å². The average molecular weight is 420 g/mol. The standard InChI is InChI=1S/C20H19ClNOPS2/c1-14(2)26-24(25)22(17-10-8-16(21)9-11-17)13-19-18-6-4-3-5-15(18)7-12-20(19)23-24/h3-12,14H,13H2,1-2H3. The van der Waals surface area contributed by atoms with Crippen LogP contribution in [0.1, 0.15) is 19.4 Å². The minimum Gasteiger partial charge on any atom is -0.440 e. The Morgan fingerprint density at radius 3 is 2.54 bits per heavy atom. The summed E-state index contributed by atoms with van der Waals surface area (Å²) < 4.78 is 8.78. The zero-order valence-electron chi connectivity index (χ0n) is 14.6. The van der Waals surface area contributed by atoms with Crippen molar-refractivity contribution >= 4 is 56.9 Å². The van der Waals surface area contributed by atoms with Crippen LogP contribution in [0.2, 0.25) is 5.02 Å². The number of anilines is 1. The fraction of sp³-hybridized carbons (Fsp3) is 0.200. The van der Waals surface area contributed by atoms with Crippen LogP contribution >= 0.6 is 28.6 Å². The van der Waals surface area contributed by atoms with Gasteiger partial charge in [0.1, 0.15) is 5.75 Å². The molecule has 3 aromatic carbocycles. The molecule has 6 heteroatoms. The Labute approximate surface area is 168 Å². The summed E-state index contributed by atoms with van der Waals surface area (Å²) in [6.45, 7) is 5.07. The summed E-state index contributed by atoms with van der Waals surface area (Å²) in [5.41, 5.74) is -0.0300. The van der Waals surface area contributed by atoms with Crippen molar-refractivity contribution in [2.75, 3.05) is 4.67 Å². The molecule has 0 N–H and O–H groups in total. The van der Waals surface area contributed by atoms with E-state index in [0.717, 1.165) is 23.0 Å². The van der Waals surface area contributed by atoms with E-state index in [-0.39, 0.29) is 0 Å². The molecule has 0 bridgehead atoms. The highest BCUT2D eigenvalue weighted by Crippen LogP contribution is 2.68. The van der Waals surface area contributed by atoms with Gasteiger partial charge < -0.3 is 9.19 Å². The normalized spacial score (nSPS) is 19.5. The SMILES string of the molecule is CC(C)SP1(=S)Oc2ccc3ccccc3c2CN1c1ccc(Cl)cc1. The zero-order chi connectivity index (χ0) is 18.3. The van der Waals surface area contributed by atoms with Gasteiger partial charge in [-0.15, -0.1) is 0 Å². The smallest absolute Gasteiger partial charge is 0.262 e. The van der Waals surface area contributed by atoms with Gasteiger partial charge >= 0.3 is 0 Å². The van der Waals surface area contributed by atoms with Crippen LogP contribution in [0.5, 0.6) is 5.75 Å². The molecule has 4 rings (SSSR count). The second-order valence-electron chi connectivity index (χ2n) is 6.51. The lowest BCUT2D eigenvalue weighted by molar-refractivity contribution is 0.592. The number of fused-ring (bicyclic) bond motifs is 3. The van der Waals surface area contributed by atoms with Crippen molar-refractivity contribution in [3.05, 3.63) is 71.2 Å². The maximum Gasteiger partial charge on any atom is 0.262 e. The summed E-state index contributed by atoms with van der Waals surface area (Å²) in [7, 11) is 0. The molecule has 0 aromatic heterocycles. The predicted octanol–water partition coefficient (Wildman–Crippen LogP) is 7.26. The minimum atomic E-state index is -2.29. The maximum absolute atomic E-state index is 6.52. The van der Waals surface area contributed by atoms with E-state index < -0.39 is 5.62 Å². The largest absolute Gasteiger partial charge is 0.440 e. The average Bonchev–Trinajstić information content (AvgIpc) is 2.61. The van der Waals surface area contributed by atoms with Crippen LogP contribution in [0, 0.1) is 0 Å². The first-order valence-electron chi connectivity index (χ1n) is 8.48. The number of nitrogens with zero attached hydrogens (tertiary/aromatic N) is 1. The summed E-state index contributed by atoms with van der Waals surface area (Å²) in [5.74, 6) is 0.922. The van der Waals surface area contributed by atoms with E-state index in [4.69, 9.17) is 27.9 Å². The van der Waals surface area contributed by atoms with E-state index in [9.17, 15) is 0 Å². The second kappa shape index (κ2) is 7.09. The van der Waals surface area contributed by atoms with Crippen LogP contribution < -0.4 is 9.19 Å². The van der Waals surface area contributed by atoms with E-state index in [1.54, 1.807) is 11.4 Å². The molecule has 0 amide bonds. The van der Waals surface area contributed by atoms with Gasteiger partial charge in [-0.3, -0.25) is 0 Å². The molecule has 134 valence electrons. The second-order valence-corrected chi connectivity index (χ2v) is 14.0. The topological polar surface area (TPSA) is 12.5 Å². The maximum atomic E-state index is 6.52. The summed E-state index contributed by atoms with van der Waals surface area (Å²) in [6.07, 6.45) is 0. The van der Waals surface area contributed by atoms with Gasteiger partial charge in [-0.25, -0.2) is 0 Å². The van der Waals surface area contributed by atoms with Gasteiger partial charge in [0.15, 0.2) is 0 Å². The Balaban J connectivity index is 1.87. The van der Waals surface area contributed by atoms with E-state index >= 15 is 0 Å². The van der Waals surface area contributed by atoms with Crippen molar-refractivity contribution in [2.24, 2.45) is 0 Å². The van der Waals surface area contributed by atoms with E-state index in [2.05, 4.69) is 54.9 Å². The van der Waals surface area contributed by atoms with Crippen molar-refractivity contribution in [2.45, 2.75) is 25.6 Å². The van der Waals surface area contributed by atoms with Crippen LogP contribution in [0.15, 0.2) is 60.7 Å². The Morgan fingerprint density at radius 2 is 1.81 bits per heavy atom. The van der Waals surface area contributed by atoms with E-state index in [1.807, 2.05) is 24.3 Å². The van der Waals surface area contributed by atoms with Crippen molar-refractivity contribution < 1.29 is 4.52 Å². The Morgan fingerprint density at radius 1 is 1.08 bits per heavy atom. The molecule has 1 atom stereocenters. The third-order valence-corrected chi connectivity index (χ3v) is 11.1. The number of halogens is 1. The number of benzene rings is 3. The molecular formula is C20H19ClNOPS2. The first-order valence-corrected chi connectivity index (χ1v) is 13.0. The Bertz CT molecular complexity index is 1010. The molecular weight excluding hydrogens is 401 g/mol. The van der Waals surface area contributed by atoms with Crippen LogP contribution in [-0.2, 0) is 18.4 Å². The first-order chi connectivity index (χ1) is 12.5. The lowest BCUT2D eigenvalue weighted by Crippen LogP contribution is -2.26. The number of hydrogen-bond acceptors (Lipinski definition) is 3. The first kappa shape index (κ1) is 18.2. The fourth-order valence-electron chi connectivity index (χ4n) is 3.17. The third-order valence-electron chi connectivity index (χ3n) is 4.28. The molecule has 0 fully saturated rings. The van der Waals surface area contributed by atoms with Gasteiger partial charge in [-0.1, -0.05) is 67.2 Å². The quantitative estimate of drug-likeness (QED) is 0.414. The molecule has 0 radical (unpaired) electrons. The van der Waals surface area contributed by atoms with Gasteiger partial charge in [0, 0.05) is 21.5 Å². The van der Waals surface area contributed by atoms with Gasteiger partial charge in [-0.05, 0) is 52.9 Å². The molecule has 0 aliphatic carbocycles. The van der Waals surface area contributed by atoms with Gasteiger partial charge in [0.05, 0.1) is 6.54 Å². The van der Waals surface area contributed by atoms with Gasteiger partial charge in [-0.2, -0.15) is 0 Å². The minimum absolute atomic E-state index is 0.387. The summed E-state index contributed by atoms with van der Waals surface area (Å²) in [5, 5.41) is 3.55. The highest BCUT2D eigenvalue weighted by molar-refractivity contribution is 8.70. The summed E-state index contributed by atoms with van der Waals surface area (Å²) in [6, 6.07) is 20.5. The zero-order valence-corrected chi connectivity index (χ0v) is 17.8. The van der Waals surface area contributed by atoms with Crippen LogP contribution in [0.4, 0.5) is 5.69 Å². The molecule has 0 spiro atoms. The number of hydrogen-bond donors (Lipinski definition) is 0. The van der Waals surface area contributed by atoms with Crippen LogP contribution in [0.3, 0.4) is 0 Å². The van der Waals surface area contributed by atoms with Crippen LogP contribution in [0.25, 0.3) is 10.8 Å². The third kappa shape index (κ3) is 3.36. The van der Waals surface area contributed by atoms with Crippen molar-refractivity contribution in [3.63, 3.8) is 0 Å². The molecule has 3 aromatic rings. The molecule has 26 heavy (non-hydrogen) atoms. The Hall–Kier alpha value is -1.19. The molecule has 1 aliphatic heterocycles. The summed E-state index contributed by atoms with van der Waals surface area (Å²) in [4.78, 5) is 0. The fourth-order valence-corrected chi connectivity index (χ4v) is 10.2. The lowest BCUT2D eigenvalue weighted by Gasteiger charge is -2.41. The van der Waals surface area contributed by atoms with E-state index in [0.29, 0.717) is 5.25 Å². The van der Waals surface area contributed by atoms with Gasteiger partial charge in [0.2, 0.25) is 0 Å². The van der Waals surface area contributed by atoms with Crippen molar-refractivity contribution in [3.8, 4) is 5.75 Å². The molecule has 1 unspecified atom stereocenters. The molecule has 0 saturated heterocycles. The molecule has 0 saturated carbocycles. The Kier molecular flexibility index (Phi) is 4.96. The van der Waals surface area contributed by atoms with Gasteiger partial charge in [0.25, 0.3) is 5.62 Å². The molecule has 1 heterocycles. The van der Waals surface area contributed by atoms with Crippen molar-refractivity contribution in [1.29, 1.82) is 0 Å². The van der Waals surface area contributed by atoms with E-state index in [1.165, 1.54) is 16.3 Å². The number of rotatable bonds is 3. The predicted molar refractivity (Wildman–Crippen MR) is 119 cm³/mol. The monoisotopic (exact) mass is 419 g/mol. The highest BCUT2D eigenvalue weighted by atomic mass is 35.5. The molecule has 1 aliphatic rings. The summed E-state index contributed by atoms with van der Waals surface area (Å²) >= 11 is 14.0.